The van der Waals surface area contributed by atoms with Crippen molar-refractivity contribution in [3.8, 4) is 22.9 Å². The molecule has 0 spiro atoms. The molecule has 3 rings (SSSR count). The Labute approximate surface area is 180 Å². The third-order valence-electron chi connectivity index (χ3n) is 3.87. The molecule has 1 aromatic carbocycles. The number of aromatic nitrogens is 3. The molecule has 0 bridgehead atoms. The number of carbonyl (C=O) groups excluding carboxylic acids is 1. The number of aromatic amines is 1. The van der Waals surface area contributed by atoms with Crippen LogP contribution in [0.1, 0.15) is 26.6 Å². The number of amides is 1. The Balaban J connectivity index is 1.74. The van der Waals surface area contributed by atoms with E-state index in [1.54, 1.807) is 17.3 Å². The van der Waals surface area contributed by atoms with Gasteiger partial charge in [-0.2, -0.15) is 0 Å². The summed E-state index contributed by atoms with van der Waals surface area (Å²) in [5.74, 6) is 1.73. The molecule has 29 heavy (non-hydrogen) atoms. The Hall–Kier alpha value is -2.18. The predicted molar refractivity (Wildman–Crippen MR) is 118 cm³/mol. The lowest BCUT2D eigenvalue weighted by Gasteiger charge is -2.26. The zero-order valence-corrected chi connectivity index (χ0v) is 19.3. The number of oxazole rings is 1. The molecule has 3 aromatic rings. The van der Waals surface area contributed by atoms with Gasteiger partial charge in [0.2, 0.25) is 5.89 Å². The molecule has 0 aliphatic heterocycles. The van der Waals surface area contributed by atoms with Crippen LogP contribution < -0.4 is 0 Å². The van der Waals surface area contributed by atoms with Crippen LogP contribution in [0.5, 0.6) is 0 Å². The topological polar surface area (TPSA) is 84.2 Å². The lowest BCUT2D eigenvalue weighted by atomic mass is 10.2. The van der Waals surface area contributed by atoms with E-state index in [4.69, 9.17) is 9.15 Å². The average molecular weight is 479 g/mol. The van der Waals surface area contributed by atoms with E-state index in [-0.39, 0.29) is 6.09 Å². The van der Waals surface area contributed by atoms with Crippen molar-refractivity contribution in [3.63, 3.8) is 0 Å². The van der Waals surface area contributed by atoms with Crippen LogP contribution in [0, 0.1) is 0 Å². The smallest absolute Gasteiger partial charge is 0.410 e. The second kappa shape index (κ2) is 9.09. The first-order chi connectivity index (χ1) is 13.7. The number of nitrogens with zero attached hydrogens (tertiary/aromatic N) is 3. The highest BCUT2D eigenvalue weighted by atomic mass is 79.9. The van der Waals surface area contributed by atoms with E-state index in [2.05, 4.69) is 40.1 Å². The zero-order valence-electron chi connectivity index (χ0n) is 16.6. The van der Waals surface area contributed by atoms with Crippen molar-refractivity contribution in [1.82, 2.24) is 19.9 Å². The standard InChI is InChI=1S/C20H24BrN4O3P/c1-20(2,3)28-19(26)25(7-8-29)12-17-22-10-15(24-17)18-23-11-16(27-18)13-5-4-6-14(21)9-13/h4-6,9-11H,7-8,12,29H2,1-3H3,(H,22,24). The Kier molecular flexibility index (Phi) is 6.75. The second-order valence-corrected chi connectivity index (χ2v) is 8.97. The van der Waals surface area contributed by atoms with Crippen molar-refractivity contribution in [3.05, 3.63) is 47.0 Å². The molecule has 0 aliphatic rings. The molecule has 0 radical (unpaired) electrons. The van der Waals surface area contributed by atoms with E-state index in [1.807, 2.05) is 45.0 Å². The molecular formula is C20H24BrN4O3P. The van der Waals surface area contributed by atoms with Crippen molar-refractivity contribution >= 4 is 31.3 Å². The van der Waals surface area contributed by atoms with E-state index in [0.717, 1.165) is 16.2 Å². The van der Waals surface area contributed by atoms with Gasteiger partial charge in [0.05, 0.1) is 18.9 Å². The van der Waals surface area contributed by atoms with E-state index in [0.29, 0.717) is 36.3 Å². The van der Waals surface area contributed by atoms with Crippen LogP contribution in [0.15, 0.2) is 45.5 Å². The summed E-state index contributed by atoms with van der Waals surface area (Å²) in [6, 6.07) is 7.80. The maximum absolute atomic E-state index is 12.4. The monoisotopic (exact) mass is 478 g/mol. The molecule has 1 N–H and O–H groups in total. The summed E-state index contributed by atoms with van der Waals surface area (Å²) in [4.78, 5) is 25.9. The molecule has 9 heteroatoms. The van der Waals surface area contributed by atoms with Crippen molar-refractivity contribution in [2.75, 3.05) is 12.7 Å². The van der Waals surface area contributed by atoms with Gasteiger partial charge in [-0.25, -0.2) is 14.8 Å². The first kappa shape index (κ1) is 21.5. The first-order valence-electron chi connectivity index (χ1n) is 9.19. The molecule has 2 aromatic heterocycles. The molecule has 0 aliphatic carbocycles. The van der Waals surface area contributed by atoms with Crippen molar-refractivity contribution in [2.24, 2.45) is 0 Å². The van der Waals surface area contributed by atoms with Gasteiger partial charge >= 0.3 is 6.09 Å². The van der Waals surface area contributed by atoms with Crippen LogP contribution in [0.3, 0.4) is 0 Å². The number of carbonyl (C=O) groups is 1. The molecule has 1 atom stereocenters. The second-order valence-electron chi connectivity index (χ2n) is 7.47. The minimum atomic E-state index is -0.550. The van der Waals surface area contributed by atoms with Gasteiger partial charge < -0.3 is 19.0 Å². The van der Waals surface area contributed by atoms with Gasteiger partial charge in [-0.1, -0.05) is 28.1 Å². The molecule has 154 valence electrons. The Morgan fingerprint density at radius 3 is 2.79 bits per heavy atom. The number of halogens is 1. The molecular weight excluding hydrogens is 455 g/mol. The Morgan fingerprint density at radius 1 is 1.31 bits per heavy atom. The fourth-order valence-electron chi connectivity index (χ4n) is 2.62. The fraction of sp³-hybridized carbons (Fsp3) is 0.350. The maximum Gasteiger partial charge on any atom is 0.410 e. The summed E-state index contributed by atoms with van der Waals surface area (Å²) in [6.45, 7) is 6.39. The molecule has 1 amide bonds. The number of rotatable bonds is 6. The zero-order chi connectivity index (χ0) is 21.0. The minimum Gasteiger partial charge on any atom is -0.444 e. The Morgan fingerprint density at radius 2 is 2.10 bits per heavy atom. The summed E-state index contributed by atoms with van der Waals surface area (Å²) in [5, 5.41) is 0. The number of hydrogen-bond acceptors (Lipinski definition) is 5. The van der Waals surface area contributed by atoms with Crippen LogP contribution in [0.2, 0.25) is 0 Å². The van der Waals surface area contributed by atoms with Gasteiger partial charge in [-0.15, -0.1) is 9.24 Å². The van der Waals surface area contributed by atoms with Gasteiger partial charge in [0, 0.05) is 16.6 Å². The normalized spacial score (nSPS) is 11.5. The highest BCUT2D eigenvalue weighted by Crippen LogP contribution is 2.27. The summed E-state index contributed by atoms with van der Waals surface area (Å²) >= 11 is 3.46. The number of nitrogens with one attached hydrogen (secondary N) is 1. The number of benzene rings is 1. The molecule has 0 fully saturated rings. The predicted octanol–water partition coefficient (Wildman–Crippen LogP) is 5.11. The van der Waals surface area contributed by atoms with E-state index in [1.165, 1.54) is 0 Å². The fourth-order valence-corrected chi connectivity index (χ4v) is 3.33. The molecule has 0 saturated heterocycles. The molecule has 7 nitrogen and oxygen atoms in total. The third kappa shape index (κ3) is 5.90. The quantitative estimate of drug-likeness (QED) is 0.497. The Bertz CT molecular complexity index is 980. The van der Waals surface area contributed by atoms with Crippen molar-refractivity contribution in [2.45, 2.75) is 32.9 Å². The molecule has 0 saturated carbocycles. The number of H-pyrrole nitrogens is 1. The minimum absolute atomic E-state index is 0.308. The first-order valence-corrected chi connectivity index (χ1v) is 10.8. The van der Waals surface area contributed by atoms with Crippen molar-refractivity contribution in [1.29, 1.82) is 0 Å². The third-order valence-corrected chi connectivity index (χ3v) is 4.62. The van der Waals surface area contributed by atoms with Gasteiger partial charge in [-0.05, 0) is 39.1 Å². The highest BCUT2D eigenvalue weighted by molar-refractivity contribution is 9.10. The van der Waals surface area contributed by atoms with Crippen LogP contribution in [-0.2, 0) is 11.3 Å². The summed E-state index contributed by atoms with van der Waals surface area (Å²) in [7, 11) is 2.62. The lowest BCUT2D eigenvalue weighted by Crippen LogP contribution is -2.37. The van der Waals surface area contributed by atoms with Crippen LogP contribution in [0.4, 0.5) is 4.79 Å². The molecule has 2 heterocycles. The summed E-state index contributed by atoms with van der Waals surface area (Å²) in [6.07, 6.45) is 3.70. The number of imidazole rings is 1. The van der Waals surface area contributed by atoms with E-state index in [9.17, 15) is 4.79 Å². The summed E-state index contributed by atoms with van der Waals surface area (Å²) in [5.41, 5.74) is 1.02. The maximum atomic E-state index is 12.4. The van der Waals surface area contributed by atoms with Crippen molar-refractivity contribution < 1.29 is 13.9 Å². The average Bonchev–Trinajstić information content (AvgIpc) is 3.29. The summed E-state index contributed by atoms with van der Waals surface area (Å²) < 4.78 is 12.3. The largest absolute Gasteiger partial charge is 0.444 e. The van der Waals surface area contributed by atoms with Gasteiger partial charge in [0.15, 0.2) is 5.76 Å². The SMILES string of the molecule is CC(C)(C)OC(=O)N(CCP)Cc1ncc(-c2ncc(-c3cccc(Br)c3)o2)[nH]1. The highest BCUT2D eigenvalue weighted by Gasteiger charge is 2.23. The van der Waals surface area contributed by atoms with Gasteiger partial charge in [-0.3, -0.25) is 0 Å². The number of ether oxygens (including phenoxy) is 1. The van der Waals surface area contributed by atoms with Gasteiger partial charge in [0.1, 0.15) is 17.1 Å². The lowest BCUT2D eigenvalue weighted by molar-refractivity contribution is 0.0242. The van der Waals surface area contributed by atoms with E-state index >= 15 is 0 Å². The van der Waals surface area contributed by atoms with Crippen LogP contribution >= 0.6 is 25.2 Å². The molecule has 1 unspecified atom stereocenters. The number of hydrogen-bond donors (Lipinski definition) is 1. The van der Waals surface area contributed by atoms with E-state index < -0.39 is 5.60 Å². The van der Waals surface area contributed by atoms with Crippen LogP contribution in [0.25, 0.3) is 22.9 Å². The van der Waals surface area contributed by atoms with Gasteiger partial charge in [0.25, 0.3) is 0 Å². The van der Waals surface area contributed by atoms with Crippen LogP contribution in [-0.4, -0.2) is 44.3 Å².